The van der Waals surface area contributed by atoms with E-state index in [0.717, 1.165) is 12.2 Å². The fourth-order valence-electron chi connectivity index (χ4n) is 1.71. The molecule has 1 aromatic rings. The van der Waals surface area contributed by atoms with E-state index >= 15 is 0 Å². The molecule has 0 saturated carbocycles. The quantitative estimate of drug-likeness (QED) is 0.478. The van der Waals surface area contributed by atoms with E-state index in [1.807, 2.05) is 11.3 Å². The fraction of sp³-hybridized carbons (Fsp3) is 0.571. The van der Waals surface area contributed by atoms with Gasteiger partial charge in [-0.2, -0.15) is 12.6 Å². The van der Waals surface area contributed by atoms with Gasteiger partial charge in [-0.3, -0.25) is 0 Å². The van der Waals surface area contributed by atoms with Gasteiger partial charge in [0.1, 0.15) is 0 Å². The van der Waals surface area contributed by atoms with Gasteiger partial charge in [0, 0.05) is 4.88 Å². The number of aryl methyl sites for hydroxylation is 1. The maximum Gasteiger partial charge on any atom is 0.0299 e. The third-order valence-electron chi connectivity index (χ3n) is 2.65. The Hall–Kier alpha value is -0.210. The van der Waals surface area contributed by atoms with Gasteiger partial charge in [-0.25, -0.2) is 0 Å². The fourth-order valence-corrected chi connectivity index (χ4v) is 2.73. The second-order valence-electron chi connectivity index (χ2n) is 4.04. The van der Waals surface area contributed by atoms with Crippen LogP contribution in [0.1, 0.15) is 49.5 Å². The van der Waals surface area contributed by atoms with Gasteiger partial charge in [0.2, 0.25) is 0 Å². The molecule has 0 fully saturated rings. The summed E-state index contributed by atoms with van der Waals surface area (Å²) in [5.74, 6) is 0.938. The number of hydrogen-bond acceptors (Lipinski definition) is 2. The normalized spacial score (nSPS) is 11.4. The van der Waals surface area contributed by atoms with Gasteiger partial charge in [-0.05, 0) is 48.1 Å². The lowest BCUT2D eigenvalue weighted by Gasteiger charge is -2.00. The minimum Gasteiger partial charge on any atom is -0.179 e. The number of rotatable bonds is 8. The van der Waals surface area contributed by atoms with E-state index in [1.54, 1.807) is 0 Å². The molecule has 0 unspecified atom stereocenters. The molecule has 90 valence electrons. The Balaban J connectivity index is 2.38. The first-order valence-electron chi connectivity index (χ1n) is 6.22. The summed E-state index contributed by atoms with van der Waals surface area (Å²) >= 11 is 6.06. The summed E-state index contributed by atoms with van der Waals surface area (Å²) in [6.07, 6.45) is 12.2. The second kappa shape index (κ2) is 8.89. The van der Waals surface area contributed by atoms with E-state index in [1.165, 1.54) is 42.5 Å². The van der Waals surface area contributed by atoms with Crippen molar-refractivity contribution in [2.75, 3.05) is 5.75 Å². The van der Waals surface area contributed by atoms with E-state index in [0.29, 0.717) is 0 Å². The highest BCUT2D eigenvalue weighted by Gasteiger charge is 2.00. The van der Waals surface area contributed by atoms with Crippen molar-refractivity contribution < 1.29 is 0 Å². The lowest BCUT2D eigenvalue weighted by molar-refractivity contribution is 0.667. The zero-order valence-corrected chi connectivity index (χ0v) is 11.8. The number of unbranched alkanes of at least 4 members (excludes halogenated alkanes) is 3. The zero-order chi connectivity index (χ0) is 11.6. The van der Waals surface area contributed by atoms with Crippen LogP contribution in [0.3, 0.4) is 0 Å². The van der Waals surface area contributed by atoms with Gasteiger partial charge < -0.3 is 0 Å². The van der Waals surface area contributed by atoms with E-state index in [2.05, 4.69) is 43.2 Å². The van der Waals surface area contributed by atoms with Crippen molar-refractivity contribution in [1.82, 2.24) is 0 Å². The molecule has 0 aliphatic heterocycles. The molecule has 0 amide bonds. The van der Waals surface area contributed by atoms with Crippen LogP contribution < -0.4 is 0 Å². The van der Waals surface area contributed by atoms with E-state index < -0.39 is 0 Å². The average Bonchev–Trinajstić information content (AvgIpc) is 2.73. The summed E-state index contributed by atoms with van der Waals surface area (Å²) < 4.78 is 0. The highest BCUT2D eigenvalue weighted by molar-refractivity contribution is 7.80. The van der Waals surface area contributed by atoms with Crippen molar-refractivity contribution in [3.8, 4) is 0 Å². The summed E-state index contributed by atoms with van der Waals surface area (Å²) in [5, 5.41) is 2.20. The van der Waals surface area contributed by atoms with Gasteiger partial charge in [0.05, 0.1) is 0 Å². The average molecular weight is 254 g/mol. The number of thiol groups is 1. The minimum atomic E-state index is 0.938. The van der Waals surface area contributed by atoms with Crippen molar-refractivity contribution in [3.05, 3.63) is 28.0 Å². The van der Waals surface area contributed by atoms with Crippen LogP contribution in [-0.4, -0.2) is 5.75 Å². The molecule has 1 aromatic heterocycles. The van der Waals surface area contributed by atoms with Crippen LogP contribution in [0.25, 0.3) is 6.08 Å². The molecule has 16 heavy (non-hydrogen) atoms. The molecule has 0 aliphatic rings. The first-order valence-corrected chi connectivity index (χ1v) is 7.73. The number of thiophene rings is 1. The van der Waals surface area contributed by atoms with Crippen molar-refractivity contribution in [1.29, 1.82) is 0 Å². The maximum atomic E-state index is 4.21. The van der Waals surface area contributed by atoms with Crippen LogP contribution in [0.15, 0.2) is 17.5 Å². The van der Waals surface area contributed by atoms with Crippen LogP contribution in [0, 0.1) is 0 Å². The molecule has 2 heteroatoms. The third-order valence-corrected chi connectivity index (χ3v) is 3.83. The van der Waals surface area contributed by atoms with Crippen LogP contribution in [-0.2, 0) is 6.42 Å². The summed E-state index contributed by atoms with van der Waals surface area (Å²) in [5.41, 5.74) is 1.52. The summed E-state index contributed by atoms with van der Waals surface area (Å²) in [7, 11) is 0. The first-order chi connectivity index (χ1) is 7.88. The van der Waals surface area contributed by atoms with E-state index in [9.17, 15) is 0 Å². The predicted molar refractivity (Wildman–Crippen MR) is 79.7 cm³/mol. The molecule has 1 heterocycles. The van der Waals surface area contributed by atoms with Gasteiger partial charge >= 0.3 is 0 Å². The Morgan fingerprint density at radius 3 is 2.94 bits per heavy atom. The van der Waals surface area contributed by atoms with Gasteiger partial charge in [-0.1, -0.05) is 32.3 Å². The standard InChI is InChI=1S/C14H22S2/c1-2-3-4-5-8-13-10-12-16-14(13)9-6-7-11-15/h6,9-10,12,15H,2-5,7-8,11H2,1H3. The molecule has 0 aliphatic carbocycles. The SMILES string of the molecule is CCCCCCc1ccsc1C=CCCS. The Bertz CT molecular complexity index is 299. The molecule has 0 atom stereocenters. The maximum absolute atomic E-state index is 4.21. The van der Waals surface area contributed by atoms with Crippen LogP contribution in [0.5, 0.6) is 0 Å². The van der Waals surface area contributed by atoms with Gasteiger partial charge in [0.25, 0.3) is 0 Å². The molecule has 0 aromatic carbocycles. The highest BCUT2D eigenvalue weighted by atomic mass is 32.1. The number of hydrogen-bond donors (Lipinski definition) is 1. The lowest BCUT2D eigenvalue weighted by atomic mass is 10.1. The molecule has 0 radical (unpaired) electrons. The topological polar surface area (TPSA) is 0 Å². The molecule has 0 spiro atoms. The molecule has 1 rings (SSSR count). The predicted octanol–water partition coefficient (Wildman–Crippen LogP) is 5.20. The van der Waals surface area contributed by atoms with Gasteiger partial charge in [0.15, 0.2) is 0 Å². The van der Waals surface area contributed by atoms with Crippen LogP contribution in [0.4, 0.5) is 0 Å². The largest absolute Gasteiger partial charge is 0.179 e. The first kappa shape index (κ1) is 13.9. The van der Waals surface area contributed by atoms with E-state index in [4.69, 9.17) is 0 Å². The monoisotopic (exact) mass is 254 g/mol. The van der Waals surface area contributed by atoms with Crippen molar-refractivity contribution in [3.63, 3.8) is 0 Å². The molecular weight excluding hydrogens is 232 g/mol. The van der Waals surface area contributed by atoms with Crippen LogP contribution in [0.2, 0.25) is 0 Å². The molecule has 0 N–H and O–H groups in total. The second-order valence-corrected chi connectivity index (χ2v) is 5.43. The minimum absolute atomic E-state index is 0.938. The molecule has 0 nitrogen and oxygen atoms in total. The molecular formula is C14H22S2. The zero-order valence-electron chi connectivity index (χ0n) is 10.1. The van der Waals surface area contributed by atoms with Gasteiger partial charge in [-0.15, -0.1) is 11.3 Å². The van der Waals surface area contributed by atoms with Crippen LogP contribution >= 0.6 is 24.0 Å². The Kier molecular flexibility index (Phi) is 7.69. The molecule has 0 bridgehead atoms. The van der Waals surface area contributed by atoms with Crippen molar-refractivity contribution in [2.24, 2.45) is 0 Å². The van der Waals surface area contributed by atoms with E-state index in [-0.39, 0.29) is 0 Å². The third kappa shape index (κ3) is 5.22. The van der Waals surface area contributed by atoms with Crippen molar-refractivity contribution in [2.45, 2.75) is 45.4 Å². The summed E-state index contributed by atoms with van der Waals surface area (Å²) in [6, 6.07) is 2.27. The molecule has 0 saturated heterocycles. The number of allylic oxidation sites excluding steroid dienone is 1. The Morgan fingerprint density at radius 2 is 2.19 bits per heavy atom. The lowest BCUT2D eigenvalue weighted by Crippen LogP contribution is -1.85. The smallest absolute Gasteiger partial charge is 0.0299 e. The highest BCUT2D eigenvalue weighted by Crippen LogP contribution is 2.21. The Morgan fingerprint density at radius 1 is 1.31 bits per heavy atom. The summed E-state index contributed by atoms with van der Waals surface area (Å²) in [6.45, 7) is 2.26. The Labute approximate surface area is 109 Å². The summed E-state index contributed by atoms with van der Waals surface area (Å²) in [4.78, 5) is 1.44. The van der Waals surface area contributed by atoms with Crippen molar-refractivity contribution >= 4 is 30.0 Å².